The molecule has 0 bridgehead atoms. The highest BCUT2D eigenvalue weighted by molar-refractivity contribution is 5.76. The highest BCUT2D eigenvalue weighted by Crippen LogP contribution is 2.07. The minimum Gasteiger partial charge on any atom is -0.353 e. The van der Waals surface area contributed by atoms with Crippen molar-refractivity contribution in [3.05, 3.63) is 0 Å². The molecule has 0 radical (unpaired) electrons. The summed E-state index contributed by atoms with van der Waals surface area (Å²) in [5, 5.41) is 6.36. The maximum atomic E-state index is 11.6. The van der Waals surface area contributed by atoms with Crippen LogP contribution in [0.5, 0.6) is 0 Å². The molecule has 16 heavy (non-hydrogen) atoms. The van der Waals surface area contributed by atoms with Crippen molar-refractivity contribution in [2.45, 2.75) is 45.2 Å². The minimum atomic E-state index is 0.183. The maximum absolute atomic E-state index is 11.6. The zero-order chi connectivity index (χ0) is 12.0. The van der Waals surface area contributed by atoms with Crippen LogP contribution in [0.3, 0.4) is 0 Å². The van der Waals surface area contributed by atoms with E-state index in [-0.39, 0.29) is 5.91 Å². The fraction of sp³-hybridized carbons (Fsp3) is 0.917. The van der Waals surface area contributed by atoms with Crippen LogP contribution in [0.4, 0.5) is 0 Å². The lowest BCUT2D eigenvalue weighted by Gasteiger charge is -2.29. The van der Waals surface area contributed by atoms with Gasteiger partial charge in [-0.15, -0.1) is 0 Å². The molecule has 0 unspecified atom stereocenters. The molecule has 1 aliphatic heterocycles. The van der Waals surface area contributed by atoms with E-state index in [1.165, 1.54) is 0 Å². The molecule has 0 spiro atoms. The number of carbonyl (C=O) groups excluding carboxylic acids is 1. The lowest BCUT2D eigenvalue weighted by atomic mass is 10.1. The Hall–Kier alpha value is -0.610. The number of nitrogens with one attached hydrogen (secondary N) is 2. The Kier molecular flexibility index (Phi) is 5.77. The molecule has 0 aromatic heterocycles. The van der Waals surface area contributed by atoms with Gasteiger partial charge in [0.2, 0.25) is 5.91 Å². The molecular weight excluding hydrogens is 202 g/mol. The standard InChI is InChI=1S/C12H25N3O/c1-10(2)13-7-4-12(16)14-11-5-8-15(3)9-6-11/h10-11,13H,4-9H2,1-3H3,(H,14,16). The summed E-state index contributed by atoms with van der Waals surface area (Å²) in [7, 11) is 2.13. The quantitative estimate of drug-likeness (QED) is 0.722. The van der Waals surface area contributed by atoms with Crippen LogP contribution in [-0.2, 0) is 4.79 Å². The highest BCUT2D eigenvalue weighted by atomic mass is 16.1. The first kappa shape index (κ1) is 13.5. The summed E-state index contributed by atoms with van der Waals surface area (Å²) in [6.07, 6.45) is 2.75. The Morgan fingerprint density at radius 3 is 2.56 bits per heavy atom. The molecule has 1 aliphatic rings. The number of carbonyl (C=O) groups is 1. The summed E-state index contributed by atoms with van der Waals surface area (Å²) in [6, 6.07) is 0.846. The summed E-state index contributed by atoms with van der Waals surface area (Å²) in [5.41, 5.74) is 0. The molecule has 94 valence electrons. The van der Waals surface area contributed by atoms with Gasteiger partial charge in [-0.2, -0.15) is 0 Å². The Morgan fingerprint density at radius 1 is 1.38 bits per heavy atom. The zero-order valence-electron chi connectivity index (χ0n) is 10.8. The third-order valence-corrected chi connectivity index (χ3v) is 2.99. The molecular formula is C12H25N3O. The molecule has 0 aromatic rings. The summed E-state index contributed by atoms with van der Waals surface area (Å²) < 4.78 is 0. The molecule has 4 nitrogen and oxygen atoms in total. The average molecular weight is 227 g/mol. The van der Waals surface area contributed by atoms with E-state index in [0.29, 0.717) is 18.5 Å². The van der Waals surface area contributed by atoms with Gasteiger partial charge in [0.05, 0.1) is 0 Å². The number of hydrogen-bond acceptors (Lipinski definition) is 3. The minimum absolute atomic E-state index is 0.183. The third-order valence-electron chi connectivity index (χ3n) is 2.99. The second-order valence-electron chi connectivity index (χ2n) is 5.00. The van der Waals surface area contributed by atoms with E-state index in [1.54, 1.807) is 0 Å². The summed E-state index contributed by atoms with van der Waals surface area (Å²) in [5.74, 6) is 0.183. The van der Waals surface area contributed by atoms with Crippen LogP contribution in [0.1, 0.15) is 33.1 Å². The predicted octanol–water partition coefficient (Wildman–Crippen LogP) is 0.585. The number of hydrogen-bond donors (Lipinski definition) is 2. The molecule has 2 N–H and O–H groups in total. The number of rotatable bonds is 5. The van der Waals surface area contributed by atoms with Crippen molar-refractivity contribution in [1.29, 1.82) is 0 Å². The van der Waals surface area contributed by atoms with Gasteiger partial charge < -0.3 is 15.5 Å². The predicted molar refractivity (Wildman–Crippen MR) is 66.4 cm³/mol. The van der Waals surface area contributed by atoms with Crippen LogP contribution in [0, 0.1) is 0 Å². The second kappa shape index (κ2) is 6.86. The van der Waals surface area contributed by atoms with Crippen LogP contribution < -0.4 is 10.6 Å². The van der Waals surface area contributed by atoms with Gasteiger partial charge in [-0.1, -0.05) is 13.8 Å². The Labute approximate surface area is 98.8 Å². The van der Waals surface area contributed by atoms with Gasteiger partial charge in [-0.25, -0.2) is 0 Å². The number of likely N-dealkylation sites (tertiary alicyclic amines) is 1. The zero-order valence-corrected chi connectivity index (χ0v) is 10.8. The molecule has 1 amide bonds. The first-order valence-corrected chi connectivity index (χ1v) is 6.29. The first-order valence-electron chi connectivity index (χ1n) is 6.29. The molecule has 1 fully saturated rings. The molecule has 1 saturated heterocycles. The SMILES string of the molecule is CC(C)NCCC(=O)NC1CCN(C)CC1. The van der Waals surface area contributed by atoms with Crippen LogP contribution >= 0.6 is 0 Å². The smallest absolute Gasteiger partial charge is 0.221 e. The Bertz CT molecular complexity index is 210. The molecule has 0 aliphatic carbocycles. The van der Waals surface area contributed by atoms with Gasteiger partial charge in [0, 0.05) is 25.0 Å². The lowest BCUT2D eigenvalue weighted by Crippen LogP contribution is -2.44. The second-order valence-corrected chi connectivity index (χ2v) is 5.00. The fourth-order valence-corrected chi connectivity index (χ4v) is 1.93. The van der Waals surface area contributed by atoms with Gasteiger partial charge in [0.15, 0.2) is 0 Å². The van der Waals surface area contributed by atoms with E-state index < -0.39 is 0 Å². The van der Waals surface area contributed by atoms with Gasteiger partial charge >= 0.3 is 0 Å². The van der Waals surface area contributed by atoms with Crippen molar-refractivity contribution in [3.63, 3.8) is 0 Å². The normalized spacial score (nSPS) is 19.0. The molecule has 0 atom stereocenters. The van der Waals surface area contributed by atoms with E-state index in [1.807, 2.05) is 0 Å². The maximum Gasteiger partial charge on any atom is 0.221 e. The lowest BCUT2D eigenvalue weighted by molar-refractivity contribution is -0.122. The molecule has 1 rings (SSSR count). The van der Waals surface area contributed by atoms with E-state index in [0.717, 1.165) is 32.5 Å². The van der Waals surface area contributed by atoms with Crippen molar-refractivity contribution >= 4 is 5.91 Å². The monoisotopic (exact) mass is 227 g/mol. The number of nitrogens with zero attached hydrogens (tertiary/aromatic N) is 1. The van der Waals surface area contributed by atoms with Gasteiger partial charge in [-0.05, 0) is 33.0 Å². The van der Waals surface area contributed by atoms with Gasteiger partial charge in [0.1, 0.15) is 0 Å². The van der Waals surface area contributed by atoms with E-state index in [9.17, 15) is 4.79 Å². The van der Waals surface area contributed by atoms with Crippen molar-refractivity contribution in [2.75, 3.05) is 26.7 Å². The topological polar surface area (TPSA) is 44.4 Å². The van der Waals surface area contributed by atoms with Crippen LogP contribution in [0.2, 0.25) is 0 Å². The van der Waals surface area contributed by atoms with Crippen LogP contribution in [0.25, 0.3) is 0 Å². The van der Waals surface area contributed by atoms with Crippen molar-refractivity contribution in [3.8, 4) is 0 Å². The molecule has 0 aromatic carbocycles. The van der Waals surface area contributed by atoms with Crippen LogP contribution in [-0.4, -0.2) is 49.6 Å². The van der Waals surface area contributed by atoms with Crippen LogP contribution in [0.15, 0.2) is 0 Å². The summed E-state index contributed by atoms with van der Waals surface area (Å²) in [4.78, 5) is 13.9. The van der Waals surface area contributed by atoms with Crippen molar-refractivity contribution < 1.29 is 4.79 Å². The van der Waals surface area contributed by atoms with E-state index in [4.69, 9.17) is 0 Å². The first-order chi connectivity index (χ1) is 7.58. The van der Waals surface area contributed by atoms with Gasteiger partial charge in [0.25, 0.3) is 0 Å². The van der Waals surface area contributed by atoms with E-state index >= 15 is 0 Å². The Balaban J connectivity index is 2.09. The highest BCUT2D eigenvalue weighted by Gasteiger charge is 2.17. The summed E-state index contributed by atoms with van der Waals surface area (Å²) >= 11 is 0. The third kappa shape index (κ3) is 5.47. The largest absolute Gasteiger partial charge is 0.353 e. The number of amides is 1. The Morgan fingerprint density at radius 2 is 2.00 bits per heavy atom. The van der Waals surface area contributed by atoms with Crippen molar-refractivity contribution in [1.82, 2.24) is 15.5 Å². The summed E-state index contributed by atoms with van der Waals surface area (Å²) in [6.45, 7) is 7.14. The van der Waals surface area contributed by atoms with Crippen molar-refractivity contribution in [2.24, 2.45) is 0 Å². The number of piperidine rings is 1. The average Bonchev–Trinajstić information content (AvgIpc) is 2.21. The van der Waals surface area contributed by atoms with E-state index in [2.05, 4.69) is 36.4 Å². The molecule has 0 saturated carbocycles. The van der Waals surface area contributed by atoms with Gasteiger partial charge in [-0.3, -0.25) is 4.79 Å². The molecule has 1 heterocycles. The molecule has 4 heteroatoms. The fourth-order valence-electron chi connectivity index (χ4n) is 1.93.